The fourth-order valence-corrected chi connectivity index (χ4v) is 3.17. The van der Waals surface area contributed by atoms with E-state index in [0.29, 0.717) is 5.92 Å². The van der Waals surface area contributed by atoms with Crippen molar-refractivity contribution < 1.29 is 4.79 Å². The van der Waals surface area contributed by atoms with Gasteiger partial charge in [-0.3, -0.25) is 4.79 Å². The second-order valence-electron chi connectivity index (χ2n) is 7.76. The van der Waals surface area contributed by atoms with E-state index in [0.717, 1.165) is 38.4 Å². The number of guanidine groups is 1. The van der Waals surface area contributed by atoms with Gasteiger partial charge in [-0.2, -0.15) is 0 Å². The van der Waals surface area contributed by atoms with Gasteiger partial charge in [-0.05, 0) is 52.0 Å². The first-order valence-electron chi connectivity index (χ1n) is 9.25. The van der Waals surface area contributed by atoms with Gasteiger partial charge in [0, 0.05) is 25.2 Å². The van der Waals surface area contributed by atoms with Crippen molar-refractivity contribution in [3.05, 3.63) is 35.9 Å². The van der Waals surface area contributed by atoms with Crippen molar-refractivity contribution in [2.45, 2.75) is 46.1 Å². The van der Waals surface area contributed by atoms with Gasteiger partial charge in [0.2, 0.25) is 5.91 Å². The summed E-state index contributed by atoms with van der Waals surface area (Å²) in [5, 5.41) is 6.28. The summed E-state index contributed by atoms with van der Waals surface area (Å²) in [6, 6.07) is 10.6. The Morgan fingerprint density at radius 1 is 1.28 bits per heavy atom. The molecule has 1 aromatic carbocycles. The SMILES string of the molecule is CCNC(=NCC(=O)NC(C)(C)C)N1CCC(Cc2ccccc2)C1. The smallest absolute Gasteiger partial charge is 0.242 e. The standard InChI is InChI=1S/C20H32N4O/c1-5-21-19(22-14-18(25)23-20(2,3)4)24-12-11-17(15-24)13-16-9-7-6-8-10-16/h6-10,17H,5,11-15H2,1-4H3,(H,21,22)(H,23,25). The lowest BCUT2D eigenvalue weighted by Gasteiger charge is -2.23. The molecule has 1 amide bonds. The van der Waals surface area contributed by atoms with Crippen molar-refractivity contribution in [3.63, 3.8) is 0 Å². The van der Waals surface area contributed by atoms with Crippen molar-refractivity contribution in [2.75, 3.05) is 26.2 Å². The molecule has 1 unspecified atom stereocenters. The average molecular weight is 345 g/mol. The summed E-state index contributed by atoms with van der Waals surface area (Å²) in [7, 11) is 0. The Kier molecular flexibility index (Phi) is 6.85. The molecule has 0 saturated carbocycles. The van der Waals surface area contributed by atoms with E-state index in [2.05, 4.69) is 57.8 Å². The summed E-state index contributed by atoms with van der Waals surface area (Å²) in [5.41, 5.74) is 1.17. The highest BCUT2D eigenvalue weighted by Gasteiger charge is 2.25. The molecule has 0 bridgehead atoms. The zero-order chi connectivity index (χ0) is 18.3. The molecule has 1 fully saturated rings. The van der Waals surface area contributed by atoms with Crippen LogP contribution in [0.25, 0.3) is 0 Å². The topological polar surface area (TPSA) is 56.7 Å². The van der Waals surface area contributed by atoms with E-state index in [1.54, 1.807) is 0 Å². The van der Waals surface area contributed by atoms with Crippen molar-refractivity contribution in [1.82, 2.24) is 15.5 Å². The van der Waals surface area contributed by atoms with Crippen LogP contribution in [0.15, 0.2) is 35.3 Å². The Bertz CT molecular complexity index is 577. The van der Waals surface area contributed by atoms with Crippen LogP contribution in [0.5, 0.6) is 0 Å². The first-order valence-corrected chi connectivity index (χ1v) is 9.25. The number of hydrogen-bond donors (Lipinski definition) is 2. The summed E-state index contributed by atoms with van der Waals surface area (Å²) in [6.07, 6.45) is 2.26. The first-order chi connectivity index (χ1) is 11.9. The van der Waals surface area contributed by atoms with Crippen molar-refractivity contribution in [1.29, 1.82) is 0 Å². The van der Waals surface area contributed by atoms with E-state index >= 15 is 0 Å². The molecule has 1 saturated heterocycles. The molecule has 1 heterocycles. The predicted molar refractivity (Wildman–Crippen MR) is 104 cm³/mol. The molecule has 1 atom stereocenters. The molecule has 0 spiro atoms. The number of carbonyl (C=O) groups is 1. The highest BCUT2D eigenvalue weighted by Crippen LogP contribution is 2.20. The van der Waals surface area contributed by atoms with Crippen LogP contribution in [0.2, 0.25) is 0 Å². The van der Waals surface area contributed by atoms with E-state index in [4.69, 9.17) is 0 Å². The van der Waals surface area contributed by atoms with Crippen molar-refractivity contribution in [3.8, 4) is 0 Å². The molecule has 2 N–H and O–H groups in total. The molecule has 5 heteroatoms. The van der Waals surface area contributed by atoms with Crippen LogP contribution in [-0.4, -0.2) is 48.5 Å². The summed E-state index contributed by atoms with van der Waals surface area (Å²) in [6.45, 7) is 10.9. The summed E-state index contributed by atoms with van der Waals surface area (Å²) < 4.78 is 0. The van der Waals surface area contributed by atoms with Crippen LogP contribution in [0.4, 0.5) is 0 Å². The van der Waals surface area contributed by atoms with Crippen LogP contribution < -0.4 is 10.6 Å². The Labute approximate surface area is 151 Å². The number of hydrogen-bond acceptors (Lipinski definition) is 2. The number of nitrogens with one attached hydrogen (secondary N) is 2. The lowest BCUT2D eigenvalue weighted by Crippen LogP contribution is -2.44. The van der Waals surface area contributed by atoms with Gasteiger partial charge in [-0.15, -0.1) is 0 Å². The molecule has 0 radical (unpaired) electrons. The third kappa shape index (κ3) is 6.77. The van der Waals surface area contributed by atoms with Gasteiger partial charge >= 0.3 is 0 Å². The lowest BCUT2D eigenvalue weighted by molar-refractivity contribution is -0.121. The molecule has 25 heavy (non-hydrogen) atoms. The number of rotatable bonds is 5. The maximum Gasteiger partial charge on any atom is 0.242 e. The van der Waals surface area contributed by atoms with Crippen molar-refractivity contribution in [2.24, 2.45) is 10.9 Å². The van der Waals surface area contributed by atoms with Crippen molar-refractivity contribution >= 4 is 11.9 Å². The molecular weight excluding hydrogens is 312 g/mol. The lowest BCUT2D eigenvalue weighted by atomic mass is 9.99. The Hall–Kier alpha value is -2.04. The zero-order valence-electron chi connectivity index (χ0n) is 16.0. The van der Waals surface area contributed by atoms with Gasteiger partial charge in [0.25, 0.3) is 0 Å². The highest BCUT2D eigenvalue weighted by molar-refractivity contribution is 5.85. The second-order valence-corrected chi connectivity index (χ2v) is 7.76. The predicted octanol–water partition coefficient (Wildman–Crippen LogP) is 2.43. The molecule has 0 aromatic heterocycles. The van der Waals surface area contributed by atoms with E-state index in [-0.39, 0.29) is 18.0 Å². The third-order valence-corrected chi connectivity index (χ3v) is 4.17. The van der Waals surface area contributed by atoms with Gasteiger partial charge in [0.15, 0.2) is 5.96 Å². The van der Waals surface area contributed by atoms with Gasteiger partial charge in [-0.1, -0.05) is 30.3 Å². The monoisotopic (exact) mass is 344 g/mol. The molecule has 1 aromatic rings. The van der Waals surface area contributed by atoms with E-state index < -0.39 is 0 Å². The minimum atomic E-state index is -0.223. The van der Waals surface area contributed by atoms with E-state index in [1.807, 2.05) is 20.8 Å². The van der Waals surface area contributed by atoms with E-state index in [1.165, 1.54) is 5.56 Å². The molecule has 5 nitrogen and oxygen atoms in total. The van der Waals surface area contributed by atoms with Crippen LogP contribution in [0.3, 0.4) is 0 Å². The maximum absolute atomic E-state index is 12.0. The quantitative estimate of drug-likeness (QED) is 0.637. The molecule has 1 aliphatic heterocycles. The largest absolute Gasteiger partial charge is 0.357 e. The minimum absolute atomic E-state index is 0.0389. The number of aliphatic imine (C=N–C) groups is 1. The first kappa shape index (κ1) is 19.3. The normalized spacial score (nSPS) is 18.3. The number of carbonyl (C=O) groups excluding carboxylic acids is 1. The highest BCUT2D eigenvalue weighted by atomic mass is 16.2. The summed E-state index contributed by atoms with van der Waals surface area (Å²) in [4.78, 5) is 18.8. The fraction of sp³-hybridized carbons (Fsp3) is 0.600. The summed E-state index contributed by atoms with van der Waals surface area (Å²) >= 11 is 0. The number of nitrogens with zero attached hydrogens (tertiary/aromatic N) is 2. The van der Waals surface area contributed by atoms with Gasteiger partial charge in [-0.25, -0.2) is 4.99 Å². The summed E-state index contributed by atoms with van der Waals surface area (Å²) in [5.74, 6) is 1.44. The molecule has 0 aliphatic carbocycles. The van der Waals surface area contributed by atoms with Crippen LogP contribution in [0.1, 0.15) is 39.7 Å². The Morgan fingerprint density at radius 2 is 2.00 bits per heavy atom. The Balaban J connectivity index is 1.91. The molecule has 1 aliphatic rings. The number of likely N-dealkylation sites (tertiary alicyclic amines) is 1. The van der Waals surface area contributed by atoms with Gasteiger partial charge < -0.3 is 15.5 Å². The molecular formula is C20H32N4O. The maximum atomic E-state index is 12.0. The second kappa shape index (κ2) is 8.88. The Morgan fingerprint density at radius 3 is 2.64 bits per heavy atom. The number of benzene rings is 1. The van der Waals surface area contributed by atoms with E-state index in [9.17, 15) is 4.79 Å². The number of amides is 1. The third-order valence-electron chi connectivity index (χ3n) is 4.17. The van der Waals surface area contributed by atoms with Gasteiger partial charge in [0.05, 0.1) is 0 Å². The molecule has 2 rings (SSSR count). The molecule has 138 valence electrons. The fourth-order valence-electron chi connectivity index (χ4n) is 3.17. The van der Waals surface area contributed by atoms with Crippen LogP contribution in [-0.2, 0) is 11.2 Å². The zero-order valence-corrected chi connectivity index (χ0v) is 16.0. The van der Waals surface area contributed by atoms with Crippen LogP contribution >= 0.6 is 0 Å². The van der Waals surface area contributed by atoms with Crippen LogP contribution in [0, 0.1) is 5.92 Å². The van der Waals surface area contributed by atoms with Gasteiger partial charge in [0.1, 0.15) is 6.54 Å². The minimum Gasteiger partial charge on any atom is -0.357 e. The average Bonchev–Trinajstić information content (AvgIpc) is 2.99.